The van der Waals surface area contributed by atoms with E-state index in [1.165, 1.54) is 30.0 Å². The minimum atomic E-state index is -0.496. The lowest BCUT2D eigenvalue weighted by Crippen LogP contribution is -2.26. The molecular weight excluding hydrogens is 377 g/mol. The third-order valence-electron chi connectivity index (χ3n) is 4.30. The lowest BCUT2D eigenvalue weighted by Gasteiger charge is -2.18. The van der Waals surface area contributed by atoms with Crippen LogP contribution in [0.4, 0.5) is 26.2 Å². The van der Waals surface area contributed by atoms with Crippen LogP contribution in [0, 0.1) is 5.82 Å². The lowest BCUT2D eigenvalue weighted by molar-refractivity contribution is 0.0990. The van der Waals surface area contributed by atoms with Crippen molar-refractivity contribution < 1.29 is 14.0 Å². The van der Waals surface area contributed by atoms with Gasteiger partial charge in [-0.1, -0.05) is 30.0 Å². The molecule has 28 heavy (non-hydrogen) atoms. The van der Waals surface area contributed by atoms with Crippen molar-refractivity contribution in [2.45, 2.75) is 9.79 Å². The molecule has 1 aliphatic rings. The SMILES string of the molecule is CN1C(=O)c2ccccc2Sc2ccc(NC(=O)Nc3cccc(F)c3)cc21. The Labute approximate surface area is 165 Å². The summed E-state index contributed by atoms with van der Waals surface area (Å²) in [6.45, 7) is 0. The zero-order valence-electron chi connectivity index (χ0n) is 14.9. The number of nitrogens with zero attached hydrogens (tertiary/aromatic N) is 1. The third kappa shape index (κ3) is 3.57. The Kier molecular flexibility index (Phi) is 4.75. The first kappa shape index (κ1) is 18.1. The summed E-state index contributed by atoms with van der Waals surface area (Å²) in [5, 5.41) is 5.30. The standard InChI is InChI=1S/C21H16FN3O2S/c1-25-17-12-15(24-21(27)23-14-6-4-5-13(22)11-14)9-10-19(17)28-18-8-3-2-7-16(18)20(25)26/h2-12H,1H3,(H2,23,24,27). The largest absolute Gasteiger partial charge is 0.323 e. The molecule has 0 saturated carbocycles. The molecule has 0 atom stereocenters. The number of fused-ring (bicyclic) bond motifs is 2. The smallest absolute Gasteiger partial charge is 0.310 e. The van der Waals surface area contributed by atoms with Crippen LogP contribution in [0.1, 0.15) is 10.4 Å². The van der Waals surface area contributed by atoms with Crippen LogP contribution in [0.25, 0.3) is 0 Å². The molecule has 0 saturated heterocycles. The Morgan fingerprint density at radius 3 is 2.46 bits per heavy atom. The van der Waals surface area contributed by atoms with E-state index in [1.807, 2.05) is 24.3 Å². The molecule has 3 aromatic rings. The number of benzene rings is 3. The van der Waals surface area contributed by atoms with E-state index in [1.54, 1.807) is 36.2 Å². The van der Waals surface area contributed by atoms with E-state index in [9.17, 15) is 14.0 Å². The molecule has 140 valence electrons. The highest BCUT2D eigenvalue weighted by molar-refractivity contribution is 7.99. The summed E-state index contributed by atoms with van der Waals surface area (Å²) < 4.78 is 13.3. The van der Waals surface area contributed by atoms with E-state index in [2.05, 4.69) is 10.6 Å². The molecule has 0 bridgehead atoms. The van der Waals surface area contributed by atoms with Crippen molar-refractivity contribution in [2.75, 3.05) is 22.6 Å². The number of nitrogens with one attached hydrogen (secondary N) is 2. The fraction of sp³-hybridized carbons (Fsp3) is 0.0476. The van der Waals surface area contributed by atoms with Gasteiger partial charge in [-0.3, -0.25) is 4.79 Å². The van der Waals surface area contributed by atoms with Crippen LogP contribution < -0.4 is 15.5 Å². The van der Waals surface area contributed by atoms with Crippen molar-refractivity contribution in [3.8, 4) is 0 Å². The van der Waals surface area contributed by atoms with Crippen LogP contribution in [-0.2, 0) is 0 Å². The van der Waals surface area contributed by atoms with E-state index in [0.717, 1.165) is 9.79 Å². The fourth-order valence-corrected chi connectivity index (χ4v) is 4.03. The maximum absolute atomic E-state index is 13.3. The van der Waals surface area contributed by atoms with Crippen molar-refractivity contribution in [1.82, 2.24) is 0 Å². The fourth-order valence-electron chi connectivity index (χ4n) is 2.94. The first-order valence-electron chi connectivity index (χ1n) is 8.54. The molecule has 0 aromatic heterocycles. The summed E-state index contributed by atoms with van der Waals surface area (Å²) >= 11 is 1.51. The molecule has 3 amide bonds. The Morgan fingerprint density at radius 2 is 1.68 bits per heavy atom. The van der Waals surface area contributed by atoms with Gasteiger partial charge in [-0.25, -0.2) is 9.18 Å². The zero-order chi connectivity index (χ0) is 19.7. The van der Waals surface area contributed by atoms with Gasteiger partial charge in [0.15, 0.2) is 0 Å². The number of hydrogen-bond donors (Lipinski definition) is 2. The normalized spacial score (nSPS) is 12.6. The maximum atomic E-state index is 13.3. The summed E-state index contributed by atoms with van der Waals surface area (Å²) in [5.74, 6) is -0.539. The molecule has 1 heterocycles. The summed E-state index contributed by atoms with van der Waals surface area (Å²) in [7, 11) is 1.71. The number of hydrogen-bond acceptors (Lipinski definition) is 3. The second-order valence-corrected chi connectivity index (χ2v) is 7.32. The average molecular weight is 393 g/mol. The molecule has 5 nitrogen and oxygen atoms in total. The number of carbonyl (C=O) groups excluding carboxylic acids is 2. The topological polar surface area (TPSA) is 61.4 Å². The Hall–Kier alpha value is -3.32. The third-order valence-corrected chi connectivity index (χ3v) is 5.44. The van der Waals surface area contributed by atoms with E-state index in [-0.39, 0.29) is 5.91 Å². The van der Waals surface area contributed by atoms with Gasteiger partial charge in [0.05, 0.1) is 11.3 Å². The highest BCUT2D eigenvalue weighted by atomic mass is 32.2. The lowest BCUT2D eigenvalue weighted by atomic mass is 10.2. The van der Waals surface area contributed by atoms with Crippen molar-refractivity contribution in [3.05, 3.63) is 78.1 Å². The highest BCUT2D eigenvalue weighted by Gasteiger charge is 2.24. The molecule has 0 aliphatic carbocycles. The zero-order valence-corrected chi connectivity index (χ0v) is 15.7. The quantitative estimate of drug-likeness (QED) is 0.628. The number of rotatable bonds is 2. The molecule has 0 fully saturated rings. The second-order valence-electron chi connectivity index (χ2n) is 6.23. The van der Waals surface area contributed by atoms with Crippen molar-refractivity contribution >= 4 is 40.8 Å². The molecule has 3 aromatic carbocycles. The second kappa shape index (κ2) is 7.36. The average Bonchev–Trinajstić information content (AvgIpc) is 2.78. The van der Waals surface area contributed by atoms with Gasteiger partial charge in [0.1, 0.15) is 5.82 Å². The first-order chi connectivity index (χ1) is 13.5. The number of carbonyl (C=O) groups is 2. The van der Waals surface area contributed by atoms with Crippen LogP contribution in [-0.4, -0.2) is 19.0 Å². The molecule has 0 unspecified atom stereocenters. The molecule has 4 rings (SSSR count). The molecule has 7 heteroatoms. The Balaban J connectivity index is 1.57. The number of halogens is 1. The van der Waals surface area contributed by atoms with E-state index in [4.69, 9.17) is 0 Å². The summed E-state index contributed by atoms with van der Waals surface area (Å²) in [5.41, 5.74) is 2.23. The Morgan fingerprint density at radius 1 is 0.929 bits per heavy atom. The predicted octanol–water partition coefficient (Wildman–Crippen LogP) is 5.21. The van der Waals surface area contributed by atoms with Crippen molar-refractivity contribution in [3.63, 3.8) is 0 Å². The van der Waals surface area contributed by atoms with Gasteiger partial charge >= 0.3 is 6.03 Å². The number of urea groups is 1. The van der Waals surface area contributed by atoms with Crippen LogP contribution in [0.3, 0.4) is 0 Å². The van der Waals surface area contributed by atoms with Crippen molar-refractivity contribution in [1.29, 1.82) is 0 Å². The van der Waals surface area contributed by atoms with E-state index >= 15 is 0 Å². The monoisotopic (exact) mass is 393 g/mol. The maximum Gasteiger partial charge on any atom is 0.323 e. The molecule has 0 radical (unpaired) electrons. The van der Waals surface area contributed by atoms with Gasteiger partial charge in [-0.15, -0.1) is 0 Å². The van der Waals surface area contributed by atoms with Gasteiger partial charge in [0.2, 0.25) is 0 Å². The van der Waals surface area contributed by atoms with Gasteiger partial charge in [-0.05, 0) is 48.5 Å². The van der Waals surface area contributed by atoms with Gasteiger partial charge < -0.3 is 15.5 Å². The minimum absolute atomic E-state index is 0.108. The van der Waals surface area contributed by atoms with Crippen LogP contribution in [0.2, 0.25) is 0 Å². The van der Waals surface area contributed by atoms with Gasteiger partial charge in [0.25, 0.3) is 5.91 Å². The molecular formula is C21H16FN3O2S. The number of anilines is 3. The van der Waals surface area contributed by atoms with E-state index in [0.29, 0.717) is 22.6 Å². The Bertz CT molecular complexity index is 1090. The van der Waals surface area contributed by atoms with E-state index < -0.39 is 11.8 Å². The van der Waals surface area contributed by atoms with Crippen molar-refractivity contribution in [2.24, 2.45) is 0 Å². The van der Waals surface area contributed by atoms with Crippen LogP contribution in [0.5, 0.6) is 0 Å². The van der Waals surface area contributed by atoms with Gasteiger partial charge in [-0.2, -0.15) is 0 Å². The molecule has 0 spiro atoms. The summed E-state index contributed by atoms with van der Waals surface area (Å²) in [4.78, 5) is 28.4. The predicted molar refractivity (Wildman–Crippen MR) is 109 cm³/mol. The molecule has 1 aliphatic heterocycles. The van der Waals surface area contributed by atoms with Crippen LogP contribution >= 0.6 is 11.8 Å². The summed E-state index contributed by atoms with van der Waals surface area (Å²) in [6.07, 6.45) is 0. The molecule has 2 N–H and O–H groups in total. The number of amides is 3. The minimum Gasteiger partial charge on any atom is -0.310 e. The van der Waals surface area contributed by atoms with Crippen LogP contribution in [0.15, 0.2) is 76.5 Å². The summed E-state index contributed by atoms with van der Waals surface area (Å²) in [6, 6.07) is 18.0. The first-order valence-corrected chi connectivity index (χ1v) is 9.35. The van der Waals surface area contributed by atoms with Gasteiger partial charge in [0, 0.05) is 28.2 Å². The highest BCUT2D eigenvalue weighted by Crippen LogP contribution is 2.41.